The minimum Gasteiger partial charge on any atom is -0.338 e. The molecule has 1 atom stereocenters. The Labute approximate surface area is 162 Å². The molecule has 2 N–H and O–H groups in total. The third-order valence-corrected chi connectivity index (χ3v) is 6.58. The van der Waals surface area contributed by atoms with Crippen LogP contribution in [0.15, 0.2) is 18.2 Å². The van der Waals surface area contributed by atoms with Gasteiger partial charge in [-0.05, 0) is 48.4 Å². The quantitative estimate of drug-likeness (QED) is 0.821. The van der Waals surface area contributed by atoms with Crippen molar-refractivity contribution in [1.82, 2.24) is 4.90 Å². The summed E-state index contributed by atoms with van der Waals surface area (Å²) < 4.78 is 25.3. The van der Waals surface area contributed by atoms with Gasteiger partial charge in [-0.3, -0.25) is 9.10 Å². The first kappa shape index (κ1) is 21.0. The lowest BCUT2D eigenvalue weighted by molar-refractivity contribution is 0.0533. The minimum absolute atomic E-state index is 0. The largest absolute Gasteiger partial charge is 0.338 e. The van der Waals surface area contributed by atoms with Crippen molar-refractivity contribution in [3.63, 3.8) is 0 Å². The zero-order chi connectivity index (χ0) is 18.4. The van der Waals surface area contributed by atoms with Gasteiger partial charge in [-0.15, -0.1) is 12.4 Å². The summed E-state index contributed by atoms with van der Waals surface area (Å²) in [7, 11) is -3.29. The summed E-state index contributed by atoms with van der Waals surface area (Å²) in [4.78, 5) is 14.8. The number of likely N-dealkylation sites (tertiary alicyclic amines) is 1. The molecule has 2 aliphatic rings. The molecular weight excluding hydrogens is 374 g/mol. The monoisotopic (exact) mass is 401 g/mol. The second kappa shape index (κ2) is 7.37. The first-order valence-electron chi connectivity index (χ1n) is 8.75. The molecule has 0 aliphatic carbocycles. The molecule has 6 nitrogen and oxygen atoms in total. The molecule has 0 bridgehead atoms. The number of benzene rings is 1. The van der Waals surface area contributed by atoms with Crippen LogP contribution in [-0.4, -0.2) is 51.2 Å². The van der Waals surface area contributed by atoms with Crippen LogP contribution in [0.2, 0.25) is 0 Å². The first-order valence-corrected chi connectivity index (χ1v) is 10.6. The van der Waals surface area contributed by atoms with Crippen molar-refractivity contribution in [2.75, 3.05) is 30.2 Å². The number of hydrogen-bond donors (Lipinski definition) is 1. The second-order valence-electron chi connectivity index (χ2n) is 7.89. The highest BCUT2D eigenvalue weighted by Gasteiger charge is 2.36. The number of carbonyl (C=O) groups is 1. The molecule has 0 radical (unpaired) electrons. The van der Waals surface area contributed by atoms with Gasteiger partial charge < -0.3 is 10.6 Å². The first-order chi connectivity index (χ1) is 11.6. The number of anilines is 1. The zero-order valence-corrected chi connectivity index (χ0v) is 17.2. The van der Waals surface area contributed by atoms with Crippen LogP contribution in [0.25, 0.3) is 0 Å². The molecule has 1 amide bonds. The van der Waals surface area contributed by atoms with Gasteiger partial charge in [0.25, 0.3) is 5.91 Å². The van der Waals surface area contributed by atoms with E-state index < -0.39 is 10.0 Å². The Balaban J connectivity index is 0.00000243. The number of nitrogens with two attached hydrogens (primary N) is 1. The number of hydrogen-bond acceptors (Lipinski definition) is 4. The molecule has 2 aliphatic heterocycles. The Kier molecular flexibility index (Phi) is 5.95. The van der Waals surface area contributed by atoms with E-state index in [4.69, 9.17) is 5.73 Å². The number of halogens is 1. The highest BCUT2D eigenvalue weighted by molar-refractivity contribution is 7.92. The summed E-state index contributed by atoms with van der Waals surface area (Å²) in [6.45, 7) is 5.98. The molecule has 26 heavy (non-hydrogen) atoms. The van der Waals surface area contributed by atoms with Gasteiger partial charge in [0.1, 0.15) is 0 Å². The van der Waals surface area contributed by atoms with E-state index in [1.54, 1.807) is 12.1 Å². The fraction of sp³-hybridized carbons (Fsp3) is 0.611. The molecule has 0 aromatic heterocycles. The third-order valence-electron chi connectivity index (χ3n) is 5.40. The topological polar surface area (TPSA) is 83.7 Å². The summed E-state index contributed by atoms with van der Waals surface area (Å²) in [6.07, 6.45) is 3.58. The summed E-state index contributed by atoms with van der Waals surface area (Å²) >= 11 is 0. The Morgan fingerprint density at radius 1 is 1.27 bits per heavy atom. The van der Waals surface area contributed by atoms with Crippen molar-refractivity contribution >= 4 is 34.0 Å². The number of rotatable bonds is 2. The molecule has 0 spiro atoms. The van der Waals surface area contributed by atoms with Gasteiger partial charge in [0, 0.05) is 31.2 Å². The van der Waals surface area contributed by atoms with Crippen molar-refractivity contribution in [2.45, 2.75) is 39.2 Å². The van der Waals surface area contributed by atoms with Crippen molar-refractivity contribution in [3.05, 3.63) is 29.3 Å². The highest BCUT2D eigenvalue weighted by atomic mass is 35.5. The number of fused-ring (bicyclic) bond motifs is 1. The minimum atomic E-state index is -3.29. The van der Waals surface area contributed by atoms with Crippen LogP contribution in [-0.2, 0) is 16.4 Å². The number of amides is 1. The van der Waals surface area contributed by atoms with Crippen LogP contribution in [0.5, 0.6) is 0 Å². The molecular formula is C18H28ClN3O3S. The summed E-state index contributed by atoms with van der Waals surface area (Å²) in [5, 5.41) is 0. The Bertz CT molecular complexity index is 795. The molecule has 2 heterocycles. The van der Waals surface area contributed by atoms with Crippen LogP contribution in [0.4, 0.5) is 5.69 Å². The molecule has 1 aromatic rings. The number of piperidine rings is 1. The molecule has 1 fully saturated rings. The van der Waals surface area contributed by atoms with E-state index in [0.29, 0.717) is 30.9 Å². The highest BCUT2D eigenvalue weighted by Crippen LogP contribution is 2.32. The number of nitrogens with zero attached hydrogens (tertiary/aromatic N) is 2. The van der Waals surface area contributed by atoms with E-state index in [1.165, 1.54) is 10.6 Å². The fourth-order valence-corrected chi connectivity index (χ4v) is 4.77. The molecule has 146 valence electrons. The van der Waals surface area contributed by atoms with Crippen LogP contribution in [0.3, 0.4) is 0 Å². The number of sulfonamides is 1. The molecule has 1 aromatic carbocycles. The summed E-state index contributed by atoms with van der Waals surface area (Å²) in [6, 6.07) is 5.47. The SMILES string of the molecule is CC1(C)CN(C(=O)c2ccc3c(c2)CCCN3S(C)(=O)=O)CCC1N.Cl. The lowest BCUT2D eigenvalue weighted by atomic mass is 9.79. The average molecular weight is 402 g/mol. The van der Waals surface area contributed by atoms with Crippen molar-refractivity contribution in [2.24, 2.45) is 11.1 Å². The van der Waals surface area contributed by atoms with E-state index >= 15 is 0 Å². The van der Waals surface area contributed by atoms with E-state index in [1.807, 2.05) is 11.0 Å². The van der Waals surface area contributed by atoms with Gasteiger partial charge in [-0.2, -0.15) is 0 Å². The van der Waals surface area contributed by atoms with Crippen molar-refractivity contribution in [3.8, 4) is 0 Å². The standard InChI is InChI=1S/C18H27N3O3S.ClH/c1-18(2)12-20(10-8-16(18)19)17(22)14-6-7-15-13(11-14)5-4-9-21(15)25(3,23)24;/h6-7,11,16H,4-5,8-10,12,19H2,1-3H3;1H. The maximum atomic E-state index is 12.9. The van der Waals surface area contributed by atoms with Crippen LogP contribution in [0.1, 0.15) is 42.6 Å². The van der Waals surface area contributed by atoms with Crippen molar-refractivity contribution in [1.29, 1.82) is 0 Å². The Morgan fingerprint density at radius 3 is 2.58 bits per heavy atom. The van der Waals surface area contributed by atoms with Gasteiger partial charge in [0.15, 0.2) is 0 Å². The molecule has 1 saturated heterocycles. The van der Waals surface area contributed by atoms with Gasteiger partial charge in [-0.1, -0.05) is 13.8 Å². The summed E-state index contributed by atoms with van der Waals surface area (Å²) in [5.41, 5.74) is 8.31. The predicted octanol–water partition coefficient (Wildman–Crippen LogP) is 2.02. The zero-order valence-electron chi connectivity index (χ0n) is 15.6. The van der Waals surface area contributed by atoms with Crippen LogP contribution >= 0.6 is 12.4 Å². The maximum absolute atomic E-state index is 12.9. The van der Waals surface area contributed by atoms with Gasteiger partial charge in [0.05, 0.1) is 11.9 Å². The third kappa shape index (κ3) is 4.00. The molecule has 1 unspecified atom stereocenters. The van der Waals surface area contributed by atoms with Gasteiger partial charge >= 0.3 is 0 Å². The summed E-state index contributed by atoms with van der Waals surface area (Å²) in [5.74, 6) is -0.000691. The van der Waals surface area contributed by atoms with Crippen LogP contribution < -0.4 is 10.0 Å². The Morgan fingerprint density at radius 2 is 1.96 bits per heavy atom. The number of aryl methyl sites for hydroxylation is 1. The Hall–Kier alpha value is -1.31. The maximum Gasteiger partial charge on any atom is 0.253 e. The van der Waals surface area contributed by atoms with E-state index in [0.717, 1.165) is 24.8 Å². The normalized spacial score (nSPS) is 22.4. The van der Waals surface area contributed by atoms with Gasteiger partial charge in [0.2, 0.25) is 10.0 Å². The predicted molar refractivity (Wildman–Crippen MR) is 106 cm³/mol. The molecule has 0 saturated carbocycles. The second-order valence-corrected chi connectivity index (χ2v) is 9.80. The average Bonchev–Trinajstić information content (AvgIpc) is 2.54. The molecule has 3 rings (SSSR count). The van der Waals surface area contributed by atoms with Crippen molar-refractivity contribution < 1.29 is 13.2 Å². The van der Waals surface area contributed by atoms with Crippen LogP contribution in [0, 0.1) is 5.41 Å². The number of carbonyl (C=O) groups excluding carboxylic acids is 1. The smallest absolute Gasteiger partial charge is 0.253 e. The van der Waals surface area contributed by atoms with E-state index in [-0.39, 0.29) is 29.8 Å². The fourth-order valence-electron chi connectivity index (χ4n) is 3.77. The lowest BCUT2D eigenvalue weighted by Gasteiger charge is -2.42. The lowest BCUT2D eigenvalue weighted by Crippen LogP contribution is -2.54. The van der Waals surface area contributed by atoms with Gasteiger partial charge in [-0.25, -0.2) is 8.42 Å². The molecule has 8 heteroatoms. The van der Waals surface area contributed by atoms with E-state index in [9.17, 15) is 13.2 Å². The van der Waals surface area contributed by atoms with E-state index in [2.05, 4.69) is 13.8 Å².